The number of nitrogens with zero attached hydrogens (tertiary/aromatic N) is 2. The highest BCUT2D eigenvalue weighted by molar-refractivity contribution is 7.91. The number of carbonyl (C=O) groups is 4. The highest BCUT2D eigenvalue weighted by atomic mass is 32.2. The number of sulfonamides is 1. The molecule has 0 radical (unpaired) electrons. The number of ether oxygens (including phenoxy) is 3. The second-order valence-electron chi connectivity index (χ2n) is 17.6. The molecule has 4 fully saturated rings. The zero-order valence-electron chi connectivity index (χ0n) is 34.9. The number of anilines is 1. The van der Waals surface area contributed by atoms with Crippen molar-refractivity contribution in [3.63, 3.8) is 0 Å². The molecule has 0 saturated heterocycles. The second kappa shape index (κ2) is 17.9. The third-order valence-electron chi connectivity index (χ3n) is 12.6. The molecular formula is C44H56N6O9S2. The zero-order chi connectivity index (χ0) is 42.9. The summed E-state index contributed by atoms with van der Waals surface area (Å²) in [7, 11) is -2.32. The highest BCUT2D eigenvalue weighted by Gasteiger charge is 2.62. The standard InChI is InChI=1S/C44H56N6O9S2/c1-25(2)45-42-47-37(24-60-42)36-22-38(31-18-15-28(57-3)21-35(31)46-36)58-29-19-32-33(20-29)40(52)49-44(41(53)50-61(55,56)30-16-17-30)23-26(44)11-7-5-4-6-8-14-34(39(32)51)48-43(54)59-27-12-9-10-13-27/h7,11,15,18,21-22,24-27,29-30,32-34H,4-6,8-10,12-14,16-17,19-20,23H2,1-3H3,(H,45,47)(H,48,54)(H,49,52)(H,50,53)/b11-7-/t26-,29-,32?,33+,34-,44+/m0/s1. The van der Waals surface area contributed by atoms with Crippen molar-refractivity contribution in [1.29, 1.82) is 0 Å². The lowest BCUT2D eigenvalue weighted by atomic mass is 9.86. The Morgan fingerprint density at radius 1 is 0.934 bits per heavy atom. The van der Waals surface area contributed by atoms with Gasteiger partial charge in [0, 0.05) is 40.8 Å². The molecule has 0 bridgehead atoms. The lowest BCUT2D eigenvalue weighted by Crippen LogP contribution is -2.54. The van der Waals surface area contributed by atoms with Gasteiger partial charge in [-0.05, 0) is 103 Å². The van der Waals surface area contributed by atoms with Crippen molar-refractivity contribution in [1.82, 2.24) is 25.3 Å². The predicted molar refractivity (Wildman–Crippen MR) is 231 cm³/mol. The first kappa shape index (κ1) is 42.9. The number of fused-ring (bicyclic) bond motifs is 3. The summed E-state index contributed by atoms with van der Waals surface area (Å²) in [6, 6.07) is 6.56. The van der Waals surface area contributed by atoms with Crippen LogP contribution in [0.2, 0.25) is 0 Å². The number of nitrogens with one attached hydrogen (secondary N) is 4. The van der Waals surface area contributed by atoms with Crippen LogP contribution in [0.5, 0.6) is 11.5 Å². The van der Waals surface area contributed by atoms with E-state index in [4.69, 9.17) is 24.2 Å². The lowest BCUT2D eigenvalue weighted by molar-refractivity contribution is -0.136. The van der Waals surface area contributed by atoms with Crippen LogP contribution in [0.25, 0.3) is 22.3 Å². The van der Waals surface area contributed by atoms with Crippen molar-refractivity contribution in [2.45, 2.75) is 139 Å². The van der Waals surface area contributed by atoms with E-state index in [0.717, 1.165) is 43.7 Å². The second-order valence-corrected chi connectivity index (χ2v) is 20.4. The molecule has 4 saturated carbocycles. The number of pyridine rings is 1. The zero-order valence-corrected chi connectivity index (χ0v) is 36.6. The van der Waals surface area contributed by atoms with Crippen molar-refractivity contribution < 1.29 is 41.8 Å². The van der Waals surface area contributed by atoms with Gasteiger partial charge in [0.05, 0.1) is 35.5 Å². The van der Waals surface area contributed by atoms with Crippen LogP contribution < -0.4 is 30.1 Å². The molecule has 3 amide bonds. The topological polar surface area (TPSA) is 204 Å². The normalized spacial score (nSPS) is 27.8. The first-order chi connectivity index (χ1) is 29.3. The molecule has 3 aromatic rings. The third kappa shape index (κ3) is 9.82. The smallest absolute Gasteiger partial charge is 0.407 e. The number of thiazole rings is 1. The number of benzene rings is 1. The van der Waals surface area contributed by atoms with Crippen LogP contribution in [0.1, 0.15) is 104 Å². The van der Waals surface area contributed by atoms with Gasteiger partial charge in [0.25, 0.3) is 5.91 Å². The van der Waals surface area contributed by atoms with Gasteiger partial charge < -0.3 is 30.2 Å². The monoisotopic (exact) mass is 876 g/mol. The molecule has 17 heteroatoms. The molecule has 0 spiro atoms. The SMILES string of the molecule is COc1ccc2c(O[C@H]3CC4C(=O)[C@@H](NC(=O)OC5CCCC5)CCCCC/C=C\[C@H]5C[C@@]5(C(=O)NS(=O)(=O)C5CC5)NC(=O)[C@@H]4C3)cc(-c3csc(NC(C)C)n3)nc2c1. The number of carbonyl (C=O) groups excluding carboxylic acids is 4. The van der Waals surface area contributed by atoms with E-state index < -0.39 is 68.6 Å². The fourth-order valence-electron chi connectivity index (χ4n) is 9.01. The van der Waals surface area contributed by atoms with Crippen molar-refractivity contribution in [2.75, 3.05) is 12.4 Å². The van der Waals surface area contributed by atoms with Gasteiger partial charge in [0.1, 0.15) is 34.9 Å². The number of hydrogen-bond donors (Lipinski definition) is 4. The van der Waals surface area contributed by atoms with Crippen LogP contribution in [-0.4, -0.2) is 84.3 Å². The Morgan fingerprint density at radius 3 is 2.46 bits per heavy atom. The fraction of sp³-hybridized carbons (Fsp3) is 0.591. The van der Waals surface area contributed by atoms with Gasteiger partial charge >= 0.3 is 6.09 Å². The predicted octanol–water partition coefficient (Wildman–Crippen LogP) is 6.57. The molecule has 3 heterocycles. The van der Waals surface area contributed by atoms with Gasteiger partial charge in [-0.25, -0.2) is 23.2 Å². The summed E-state index contributed by atoms with van der Waals surface area (Å²) < 4.78 is 46.3. The van der Waals surface area contributed by atoms with E-state index in [9.17, 15) is 27.6 Å². The Labute approximate surface area is 360 Å². The quantitative estimate of drug-likeness (QED) is 0.151. The Bertz CT molecular complexity index is 2290. The van der Waals surface area contributed by atoms with Crippen LogP contribution in [-0.2, 0) is 29.1 Å². The van der Waals surface area contributed by atoms with E-state index >= 15 is 0 Å². The average molecular weight is 877 g/mol. The number of methoxy groups -OCH3 is 1. The number of allylic oxidation sites excluding steroid dienone is 1. The van der Waals surface area contributed by atoms with Gasteiger partial charge in [-0.3, -0.25) is 19.1 Å². The molecule has 4 aliphatic carbocycles. The lowest BCUT2D eigenvalue weighted by Gasteiger charge is -2.26. The fourth-order valence-corrected chi connectivity index (χ4v) is 11.2. The third-order valence-corrected chi connectivity index (χ3v) is 15.2. The van der Waals surface area contributed by atoms with E-state index in [-0.39, 0.29) is 37.2 Å². The molecule has 4 N–H and O–H groups in total. The number of ketones is 1. The summed E-state index contributed by atoms with van der Waals surface area (Å²) in [5, 5.41) is 11.9. The van der Waals surface area contributed by atoms with Crippen LogP contribution in [0.15, 0.2) is 41.8 Å². The van der Waals surface area contributed by atoms with Crippen molar-refractivity contribution >= 4 is 61.1 Å². The Balaban J connectivity index is 1.11. The Hall–Kier alpha value is -4.77. The molecule has 1 aromatic carbocycles. The van der Waals surface area contributed by atoms with Crippen molar-refractivity contribution in [3.8, 4) is 22.9 Å². The van der Waals surface area contributed by atoms with Gasteiger partial charge in [0.2, 0.25) is 15.9 Å². The van der Waals surface area contributed by atoms with Crippen molar-refractivity contribution in [2.24, 2.45) is 17.8 Å². The molecule has 1 aliphatic heterocycles. The van der Waals surface area contributed by atoms with E-state index in [2.05, 4.69) is 20.7 Å². The Morgan fingerprint density at radius 2 is 1.70 bits per heavy atom. The maximum atomic E-state index is 14.8. The van der Waals surface area contributed by atoms with Crippen LogP contribution in [0.4, 0.5) is 9.93 Å². The highest BCUT2D eigenvalue weighted by Crippen LogP contribution is 2.47. The van der Waals surface area contributed by atoms with E-state index in [0.29, 0.717) is 65.9 Å². The number of alkyl carbamates (subject to hydrolysis) is 1. The number of Topliss-reactive ketones (excluding diaryl/α,β-unsaturated/α-hetero) is 1. The maximum Gasteiger partial charge on any atom is 0.407 e. The molecular weight excluding hydrogens is 821 g/mol. The summed E-state index contributed by atoms with van der Waals surface area (Å²) in [6.45, 7) is 4.07. The summed E-state index contributed by atoms with van der Waals surface area (Å²) in [6.07, 6.45) is 10.7. The Kier molecular flexibility index (Phi) is 12.6. The summed E-state index contributed by atoms with van der Waals surface area (Å²) >= 11 is 1.46. The average Bonchev–Trinajstić information content (AvgIpc) is 4.00. The first-order valence-corrected chi connectivity index (χ1v) is 24.2. The van der Waals surface area contributed by atoms with Gasteiger partial charge in [0.15, 0.2) is 10.9 Å². The largest absolute Gasteiger partial charge is 0.497 e. The summed E-state index contributed by atoms with van der Waals surface area (Å²) in [5.74, 6) is -2.80. The maximum absolute atomic E-state index is 14.8. The van der Waals surface area contributed by atoms with Crippen LogP contribution in [0.3, 0.4) is 0 Å². The van der Waals surface area contributed by atoms with E-state index in [1.54, 1.807) is 7.11 Å². The molecule has 61 heavy (non-hydrogen) atoms. The molecule has 328 valence electrons. The molecule has 6 atom stereocenters. The number of aromatic nitrogens is 2. The molecule has 15 nitrogen and oxygen atoms in total. The minimum atomic E-state index is -3.90. The number of hydrogen-bond acceptors (Lipinski definition) is 13. The van der Waals surface area contributed by atoms with Crippen LogP contribution >= 0.6 is 11.3 Å². The summed E-state index contributed by atoms with van der Waals surface area (Å²) in [4.78, 5) is 66.4. The molecule has 2 aromatic heterocycles. The molecule has 5 aliphatic rings. The van der Waals surface area contributed by atoms with Gasteiger partial charge in [-0.1, -0.05) is 25.0 Å². The van der Waals surface area contributed by atoms with Crippen LogP contribution in [0, 0.1) is 17.8 Å². The van der Waals surface area contributed by atoms with E-state index in [1.807, 2.05) is 55.6 Å². The summed E-state index contributed by atoms with van der Waals surface area (Å²) in [5.41, 5.74) is 0.326. The van der Waals surface area contributed by atoms with Gasteiger partial charge in [-0.2, -0.15) is 0 Å². The van der Waals surface area contributed by atoms with Crippen molar-refractivity contribution in [3.05, 3.63) is 41.8 Å². The minimum Gasteiger partial charge on any atom is -0.497 e. The minimum absolute atomic E-state index is 0.120. The number of amides is 3. The van der Waals surface area contributed by atoms with Gasteiger partial charge in [-0.15, -0.1) is 11.3 Å². The molecule has 8 rings (SSSR count). The molecule has 1 unspecified atom stereocenters. The number of rotatable bonds is 11. The first-order valence-electron chi connectivity index (χ1n) is 21.8. The van der Waals surface area contributed by atoms with E-state index in [1.165, 1.54) is 11.3 Å².